The second-order valence-electron chi connectivity index (χ2n) is 8.02. The van der Waals surface area contributed by atoms with Crippen LogP contribution < -0.4 is 5.56 Å². The van der Waals surface area contributed by atoms with Crippen LogP contribution in [0.5, 0.6) is 0 Å². The molecule has 0 unspecified atom stereocenters. The Bertz CT molecular complexity index is 1040. The first-order chi connectivity index (χ1) is 13.9. The van der Waals surface area contributed by atoms with Crippen LogP contribution >= 0.6 is 0 Å². The lowest BCUT2D eigenvalue weighted by atomic mass is 10.1. The van der Waals surface area contributed by atoms with E-state index in [1.54, 1.807) is 21.5 Å². The topological polar surface area (TPSA) is 94.9 Å². The molecule has 0 bridgehead atoms. The molecule has 0 spiro atoms. The zero-order valence-corrected chi connectivity index (χ0v) is 17.4. The van der Waals surface area contributed by atoms with Crippen molar-refractivity contribution in [2.24, 2.45) is 0 Å². The van der Waals surface area contributed by atoms with Crippen LogP contribution in [0.25, 0.3) is 5.82 Å². The van der Waals surface area contributed by atoms with Gasteiger partial charge in [-0.1, -0.05) is 19.0 Å². The first-order valence-corrected chi connectivity index (χ1v) is 10.1. The third-order valence-electron chi connectivity index (χ3n) is 5.30. The van der Waals surface area contributed by atoms with Crippen LogP contribution in [0, 0.1) is 13.8 Å². The first-order valence-electron chi connectivity index (χ1n) is 10.1. The van der Waals surface area contributed by atoms with Crippen LogP contribution in [-0.2, 0) is 6.54 Å². The van der Waals surface area contributed by atoms with Gasteiger partial charge in [-0.15, -0.1) is 5.10 Å². The first kappa shape index (κ1) is 19.5. The molecule has 9 nitrogen and oxygen atoms in total. The van der Waals surface area contributed by atoms with Gasteiger partial charge in [-0.3, -0.25) is 9.69 Å². The van der Waals surface area contributed by atoms with Gasteiger partial charge >= 0.3 is 0 Å². The molecule has 0 radical (unpaired) electrons. The number of rotatable bonds is 5. The number of hydrogen-bond donors (Lipinski definition) is 0. The van der Waals surface area contributed by atoms with Crippen LogP contribution in [0.1, 0.15) is 61.8 Å². The van der Waals surface area contributed by atoms with E-state index >= 15 is 0 Å². The Morgan fingerprint density at radius 2 is 1.93 bits per heavy atom. The zero-order valence-electron chi connectivity index (χ0n) is 17.4. The molecule has 3 aromatic rings. The van der Waals surface area contributed by atoms with E-state index in [1.165, 1.54) is 0 Å². The summed E-state index contributed by atoms with van der Waals surface area (Å²) in [6.07, 6.45) is 1.69. The molecule has 0 N–H and O–H groups in total. The average molecular weight is 397 g/mol. The van der Waals surface area contributed by atoms with Gasteiger partial charge < -0.3 is 4.52 Å². The molecule has 0 saturated carbocycles. The van der Waals surface area contributed by atoms with Gasteiger partial charge in [0.25, 0.3) is 5.56 Å². The summed E-state index contributed by atoms with van der Waals surface area (Å²) in [5.74, 6) is 2.32. The minimum absolute atomic E-state index is 0.0737. The molecular formula is C20H27N7O2. The average Bonchev–Trinajstić information content (AvgIpc) is 3.29. The highest BCUT2D eigenvalue weighted by molar-refractivity contribution is 5.24. The molecule has 0 atom stereocenters. The van der Waals surface area contributed by atoms with E-state index in [2.05, 4.69) is 25.2 Å². The Morgan fingerprint density at radius 1 is 1.17 bits per heavy atom. The normalized spacial score (nSPS) is 16.0. The van der Waals surface area contributed by atoms with Gasteiger partial charge in [0.1, 0.15) is 0 Å². The van der Waals surface area contributed by atoms with Crippen molar-refractivity contribution < 1.29 is 4.52 Å². The summed E-state index contributed by atoms with van der Waals surface area (Å²) in [6.45, 7) is 10.4. The van der Waals surface area contributed by atoms with Crippen molar-refractivity contribution >= 4 is 0 Å². The highest BCUT2D eigenvalue weighted by Gasteiger charge is 2.24. The molecule has 0 aliphatic carbocycles. The van der Waals surface area contributed by atoms with Crippen molar-refractivity contribution in [2.45, 2.75) is 59.0 Å². The molecule has 0 amide bonds. The summed E-state index contributed by atoms with van der Waals surface area (Å²) < 4.78 is 8.75. The summed E-state index contributed by atoms with van der Waals surface area (Å²) in [4.78, 5) is 19.2. The predicted octanol–water partition coefficient (Wildman–Crippen LogP) is 2.39. The van der Waals surface area contributed by atoms with E-state index in [-0.39, 0.29) is 17.5 Å². The lowest BCUT2D eigenvalue weighted by molar-refractivity contribution is 0.154. The van der Waals surface area contributed by atoms with Gasteiger partial charge in [-0.25, -0.2) is 9.36 Å². The van der Waals surface area contributed by atoms with Crippen LogP contribution in [0.3, 0.4) is 0 Å². The highest BCUT2D eigenvalue weighted by atomic mass is 16.5. The lowest BCUT2D eigenvalue weighted by Gasteiger charge is -2.31. The molecule has 1 aliphatic rings. The van der Waals surface area contributed by atoms with E-state index in [1.807, 2.05) is 33.8 Å². The van der Waals surface area contributed by atoms with Crippen LogP contribution in [0.15, 0.2) is 27.5 Å². The van der Waals surface area contributed by atoms with Gasteiger partial charge in [0.2, 0.25) is 5.89 Å². The molecule has 1 saturated heterocycles. The van der Waals surface area contributed by atoms with Crippen molar-refractivity contribution in [1.29, 1.82) is 0 Å². The minimum atomic E-state index is -0.0767. The van der Waals surface area contributed by atoms with Crippen LogP contribution in [-0.4, -0.2) is 47.7 Å². The fourth-order valence-corrected chi connectivity index (χ4v) is 3.73. The Morgan fingerprint density at radius 3 is 2.55 bits per heavy atom. The fraction of sp³-hybridized carbons (Fsp3) is 0.550. The second-order valence-corrected chi connectivity index (χ2v) is 8.02. The maximum absolute atomic E-state index is 12.5. The van der Waals surface area contributed by atoms with Crippen molar-refractivity contribution in [3.63, 3.8) is 0 Å². The molecule has 4 heterocycles. The van der Waals surface area contributed by atoms with Gasteiger partial charge in [0.05, 0.1) is 18.3 Å². The SMILES string of the molecule is Cc1cc(C)n(-c2ccc(=O)n(C3CCN(Cc4nc(C(C)C)no4)CC3)n2)n1. The fourth-order valence-electron chi connectivity index (χ4n) is 3.73. The third kappa shape index (κ3) is 4.14. The van der Waals surface area contributed by atoms with Crippen LogP contribution in [0.4, 0.5) is 0 Å². The van der Waals surface area contributed by atoms with Crippen molar-refractivity contribution in [3.05, 3.63) is 51.7 Å². The summed E-state index contributed by atoms with van der Waals surface area (Å²) in [5, 5.41) is 13.1. The zero-order chi connectivity index (χ0) is 20.5. The standard InChI is InChI=1S/C20H27N7O2/c1-13(2)20-21-18(29-24-20)12-25-9-7-16(8-10-25)27-19(28)6-5-17(23-27)26-15(4)11-14(3)22-26/h5-6,11,13,16H,7-10,12H2,1-4H3. The quantitative estimate of drug-likeness (QED) is 0.652. The summed E-state index contributed by atoms with van der Waals surface area (Å²) in [7, 11) is 0. The molecule has 3 aromatic heterocycles. The Hall–Kier alpha value is -2.81. The molecule has 9 heteroatoms. The number of aromatic nitrogens is 6. The Kier molecular flexibility index (Phi) is 5.31. The molecule has 1 aliphatic heterocycles. The van der Waals surface area contributed by atoms with E-state index in [9.17, 15) is 4.79 Å². The van der Waals surface area contributed by atoms with Gasteiger partial charge in [0, 0.05) is 30.8 Å². The minimum Gasteiger partial charge on any atom is -0.338 e. The maximum atomic E-state index is 12.5. The molecule has 29 heavy (non-hydrogen) atoms. The summed E-state index contributed by atoms with van der Waals surface area (Å²) in [6, 6.07) is 5.38. The van der Waals surface area contributed by atoms with Gasteiger partial charge in [0.15, 0.2) is 11.6 Å². The molecule has 154 valence electrons. The van der Waals surface area contributed by atoms with E-state index in [0.717, 1.165) is 43.1 Å². The third-order valence-corrected chi connectivity index (χ3v) is 5.30. The number of hydrogen-bond acceptors (Lipinski definition) is 7. The Labute approximate surface area is 169 Å². The number of likely N-dealkylation sites (tertiary alicyclic amines) is 1. The van der Waals surface area contributed by atoms with Crippen molar-refractivity contribution in [2.75, 3.05) is 13.1 Å². The number of nitrogens with zero attached hydrogens (tertiary/aromatic N) is 7. The molecule has 4 rings (SSSR count). The second kappa shape index (κ2) is 7.90. The summed E-state index contributed by atoms with van der Waals surface area (Å²) in [5.41, 5.74) is 1.85. The Balaban J connectivity index is 1.44. The molecular weight excluding hydrogens is 370 g/mol. The van der Waals surface area contributed by atoms with E-state index < -0.39 is 0 Å². The van der Waals surface area contributed by atoms with Gasteiger partial charge in [-0.2, -0.15) is 10.1 Å². The number of aryl methyl sites for hydroxylation is 2. The van der Waals surface area contributed by atoms with E-state index in [4.69, 9.17) is 4.52 Å². The van der Waals surface area contributed by atoms with Crippen LogP contribution in [0.2, 0.25) is 0 Å². The molecule has 0 aromatic carbocycles. The predicted molar refractivity (Wildman–Crippen MR) is 107 cm³/mol. The highest BCUT2D eigenvalue weighted by Crippen LogP contribution is 2.22. The van der Waals surface area contributed by atoms with Crippen molar-refractivity contribution in [1.82, 2.24) is 34.6 Å². The number of piperidine rings is 1. The van der Waals surface area contributed by atoms with Gasteiger partial charge in [-0.05, 0) is 38.8 Å². The monoisotopic (exact) mass is 397 g/mol. The molecule has 1 fully saturated rings. The summed E-state index contributed by atoms with van der Waals surface area (Å²) >= 11 is 0. The smallest absolute Gasteiger partial charge is 0.267 e. The maximum Gasteiger partial charge on any atom is 0.267 e. The van der Waals surface area contributed by atoms with Crippen molar-refractivity contribution in [3.8, 4) is 5.82 Å². The van der Waals surface area contributed by atoms with E-state index in [0.29, 0.717) is 18.3 Å². The largest absolute Gasteiger partial charge is 0.338 e. The lowest BCUT2D eigenvalue weighted by Crippen LogP contribution is -2.38.